The number of hydrogen-bond donors (Lipinski definition) is 1. The molecule has 0 bridgehead atoms. The molecule has 0 radical (unpaired) electrons. The number of halogens is 1. The van der Waals surface area contributed by atoms with Gasteiger partial charge in [-0.05, 0) is 34.1 Å². The summed E-state index contributed by atoms with van der Waals surface area (Å²) in [5.74, 6) is 1.80. The van der Waals surface area contributed by atoms with Crippen molar-refractivity contribution in [3.05, 3.63) is 52.5 Å². The Bertz CT molecular complexity index is 615. The number of benzene rings is 2. The van der Waals surface area contributed by atoms with Crippen LogP contribution in [0.2, 0.25) is 0 Å². The molecule has 3 nitrogen and oxygen atoms in total. The first-order valence-electron chi connectivity index (χ1n) is 6.60. The maximum absolute atomic E-state index is 5.68. The molecule has 1 N–H and O–H groups in total. The predicted molar refractivity (Wildman–Crippen MR) is 83.6 cm³/mol. The first kappa shape index (κ1) is 13.3. The zero-order valence-corrected chi connectivity index (χ0v) is 12.8. The van der Waals surface area contributed by atoms with Crippen LogP contribution in [0.15, 0.2) is 46.9 Å². The standard InChI is InChI=1S/C16H16BrNO2/c1-19-16-10-11(6-7-13(16)17)18-14-8-9-20-15-5-3-2-4-12(14)15/h2-7,10,14,18H,8-9H2,1H3. The summed E-state index contributed by atoms with van der Waals surface area (Å²) in [5, 5.41) is 3.56. The summed E-state index contributed by atoms with van der Waals surface area (Å²) in [7, 11) is 1.67. The maximum Gasteiger partial charge on any atom is 0.135 e. The van der Waals surface area contributed by atoms with Gasteiger partial charge < -0.3 is 14.8 Å². The number of rotatable bonds is 3. The lowest BCUT2D eigenvalue weighted by Gasteiger charge is -2.27. The SMILES string of the molecule is COc1cc(NC2CCOc3ccccc32)ccc1Br. The second-order valence-corrected chi connectivity index (χ2v) is 5.58. The van der Waals surface area contributed by atoms with Gasteiger partial charge in [0.15, 0.2) is 0 Å². The first-order chi connectivity index (χ1) is 9.78. The lowest BCUT2D eigenvalue weighted by Crippen LogP contribution is -2.20. The van der Waals surface area contributed by atoms with Gasteiger partial charge in [-0.1, -0.05) is 18.2 Å². The third-order valence-corrected chi connectivity index (χ3v) is 4.11. The molecule has 20 heavy (non-hydrogen) atoms. The van der Waals surface area contributed by atoms with Crippen LogP contribution >= 0.6 is 15.9 Å². The quantitative estimate of drug-likeness (QED) is 0.903. The lowest BCUT2D eigenvalue weighted by atomic mass is 10.0. The Kier molecular flexibility index (Phi) is 3.83. The highest BCUT2D eigenvalue weighted by Gasteiger charge is 2.20. The molecule has 0 saturated carbocycles. The summed E-state index contributed by atoms with van der Waals surface area (Å²) in [6, 6.07) is 14.5. The van der Waals surface area contributed by atoms with E-state index >= 15 is 0 Å². The molecule has 4 heteroatoms. The van der Waals surface area contributed by atoms with Gasteiger partial charge in [-0.3, -0.25) is 0 Å². The molecule has 1 unspecified atom stereocenters. The molecule has 1 atom stereocenters. The monoisotopic (exact) mass is 333 g/mol. The molecule has 0 spiro atoms. The van der Waals surface area contributed by atoms with Gasteiger partial charge in [0.05, 0.1) is 24.2 Å². The third-order valence-electron chi connectivity index (χ3n) is 3.45. The first-order valence-corrected chi connectivity index (χ1v) is 7.39. The molecule has 1 aliphatic rings. The van der Waals surface area contributed by atoms with E-state index in [1.165, 1.54) is 5.56 Å². The molecule has 0 aromatic heterocycles. The Morgan fingerprint density at radius 1 is 1.25 bits per heavy atom. The van der Waals surface area contributed by atoms with E-state index in [-0.39, 0.29) is 6.04 Å². The second-order valence-electron chi connectivity index (χ2n) is 4.72. The highest BCUT2D eigenvalue weighted by Crippen LogP contribution is 2.35. The van der Waals surface area contributed by atoms with Crippen molar-refractivity contribution in [1.29, 1.82) is 0 Å². The van der Waals surface area contributed by atoms with Crippen LogP contribution in [0.3, 0.4) is 0 Å². The predicted octanol–water partition coefficient (Wildman–Crippen LogP) is 4.39. The highest BCUT2D eigenvalue weighted by atomic mass is 79.9. The fourth-order valence-electron chi connectivity index (χ4n) is 2.44. The molecular weight excluding hydrogens is 318 g/mol. The summed E-state index contributed by atoms with van der Waals surface area (Å²) in [4.78, 5) is 0. The van der Waals surface area contributed by atoms with Gasteiger partial charge in [0.2, 0.25) is 0 Å². The zero-order valence-electron chi connectivity index (χ0n) is 11.2. The minimum atomic E-state index is 0.269. The summed E-state index contributed by atoms with van der Waals surface area (Å²) in [5.41, 5.74) is 2.26. The number of methoxy groups -OCH3 is 1. The van der Waals surface area contributed by atoms with Gasteiger partial charge in [-0.25, -0.2) is 0 Å². The van der Waals surface area contributed by atoms with Crippen molar-refractivity contribution in [2.24, 2.45) is 0 Å². The Morgan fingerprint density at radius 3 is 2.95 bits per heavy atom. The molecular formula is C16H16BrNO2. The van der Waals surface area contributed by atoms with Gasteiger partial charge in [-0.15, -0.1) is 0 Å². The number of anilines is 1. The highest BCUT2D eigenvalue weighted by molar-refractivity contribution is 9.10. The molecule has 0 saturated heterocycles. The van der Waals surface area contributed by atoms with Crippen LogP contribution in [-0.4, -0.2) is 13.7 Å². The van der Waals surface area contributed by atoms with Crippen LogP contribution in [-0.2, 0) is 0 Å². The Morgan fingerprint density at radius 2 is 2.10 bits per heavy atom. The molecule has 104 valence electrons. The van der Waals surface area contributed by atoms with E-state index in [0.29, 0.717) is 0 Å². The third kappa shape index (κ3) is 2.61. The van der Waals surface area contributed by atoms with Gasteiger partial charge >= 0.3 is 0 Å². The number of ether oxygens (including phenoxy) is 2. The van der Waals surface area contributed by atoms with Crippen LogP contribution in [0.4, 0.5) is 5.69 Å². The van der Waals surface area contributed by atoms with Crippen molar-refractivity contribution in [3.63, 3.8) is 0 Å². The van der Waals surface area contributed by atoms with Crippen molar-refractivity contribution in [2.45, 2.75) is 12.5 Å². The van der Waals surface area contributed by atoms with Gasteiger partial charge in [0, 0.05) is 23.7 Å². The summed E-state index contributed by atoms with van der Waals surface area (Å²) in [6.45, 7) is 0.738. The van der Waals surface area contributed by atoms with E-state index < -0.39 is 0 Å². The van der Waals surface area contributed by atoms with Gasteiger partial charge in [-0.2, -0.15) is 0 Å². The number of fused-ring (bicyclic) bond motifs is 1. The smallest absolute Gasteiger partial charge is 0.135 e. The molecule has 1 heterocycles. The average molecular weight is 334 g/mol. The van der Waals surface area contributed by atoms with Crippen molar-refractivity contribution < 1.29 is 9.47 Å². The van der Waals surface area contributed by atoms with E-state index in [9.17, 15) is 0 Å². The Balaban J connectivity index is 1.85. The molecule has 1 aliphatic heterocycles. The van der Waals surface area contributed by atoms with Crippen molar-refractivity contribution in [2.75, 3.05) is 19.0 Å². The van der Waals surface area contributed by atoms with E-state index in [4.69, 9.17) is 9.47 Å². The van der Waals surface area contributed by atoms with Crippen molar-refractivity contribution >= 4 is 21.6 Å². The summed E-state index contributed by atoms with van der Waals surface area (Å²) < 4.78 is 12.0. The largest absolute Gasteiger partial charge is 0.495 e. The van der Waals surface area contributed by atoms with Crippen LogP contribution < -0.4 is 14.8 Å². The number of nitrogens with one attached hydrogen (secondary N) is 1. The molecule has 2 aromatic carbocycles. The molecule has 3 rings (SSSR count). The lowest BCUT2D eigenvalue weighted by molar-refractivity contribution is 0.274. The second kappa shape index (κ2) is 5.75. The normalized spacial score (nSPS) is 17.0. The minimum absolute atomic E-state index is 0.269. The number of hydrogen-bond acceptors (Lipinski definition) is 3. The van der Waals surface area contributed by atoms with Gasteiger partial charge in [0.1, 0.15) is 11.5 Å². The average Bonchev–Trinajstić information content (AvgIpc) is 2.49. The topological polar surface area (TPSA) is 30.5 Å². The molecule has 0 amide bonds. The van der Waals surface area contributed by atoms with E-state index in [2.05, 4.69) is 27.3 Å². The van der Waals surface area contributed by atoms with E-state index in [0.717, 1.165) is 34.7 Å². The van der Waals surface area contributed by atoms with Crippen LogP contribution in [0.5, 0.6) is 11.5 Å². The summed E-state index contributed by atoms with van der Waals surface area (Å²) >= 11 is 3.47. The van der Waals surface area contributed by atoms with Crippen molar-refractivity contribution in [1.82, 2.24) is 0 Å². The molecule has 2 aromatic rings. The minimum Gasteiger partial charge on any atom is -0.495 e. The maximum atomic E-state index is 5.68. The van der Waals surface area contributed by atoms with Crippen LogP contribution in [0, 0.1) is 0 Å². The Labute approximate surface area is 127 Å². The Hall–Kier alpha value is -1.68. The number of para-hydroxylation sites is 1. The van der Waals surface area contributed by atoms with Crippen LogP contribution in [0.25, 0.3) is 0 Å². The van der Waals surface area contributed by atoms with Gasteiger partial charge in [0.25, 0.3) is 0 Å². The zero-order chi connectivity index (χ0) is 13.9. The van der Waals surface area contributed by atoms with E-state index in [1.54, 1.807) is 7.11 Å². The van der Waals surface area contributed by atoms with E-state index in [1.807, 2.05) is 36.4 Å². The van der Waals surface area contributed by atoms with Crippen LogP contribution in [0.1, 0.15) is 18.0 Å². The fourth-order valence-corrected chi connectivity index (χ4v) is 2.85. The summed E-state index contributed by atoms with van der Waals surface area (Å²) in [6.07, 6.45) is 0.954. The molecule has 0 aliphatic carbocycles. The fraction of sp³-hybridized carbons (Fsp3) is 0.250. The van der Waals surface area contributed by atoms with Crippen molar-refractivity contribution in [3.8, 4) is 11.5 Å². The molecule has 0 fully saturated rings.